The number of nitrogens with zero attached hydrogens (tertiary/aromatic N) is 3. The summed E-state index contributed by atoms with van der Waals surface area (Å²) in [5, 5.41) is 10.5. The lowest BCUT2D eigenvalue weighted by molar-refractivity contribution is -0.115. The van der Waals surface area contributed by atoms with E-state index in [9.17, 15) is 4.79 Å². The van der Waals surface area contributed by atoms with E-state index in [0.717, 1.165) is 11.3 Å². The van der Waals surface area contributed by atoms with Gasteiger partial charge in [-0.1, -0.05) is 12.1 Å². The smallest absolute Gasteiger partial charge is 0.238 e. The van der Waals surface area contributed by atoms with Crippen molar-refractivity contribution in [1.29, 1.82) is 0 Å². The van der Waals surface area contributed by atoms with Crippen LogP contribution in [0.15, 0.2) is 60.9 Å². The van der Waals surface area contributed by atoms with Crippen molar-refractivity contribution in [2.24, 2.45) is 0 Å². The van der Waals surface area contributed by atoms with Gasteiger partial charge in [-0.3, -0.25) is 9.78 Å². The molecule has 0 bridgehead atoms. The molecule has 0 fully saturated rings. The van der Waals surface area contributed by atoms with Crippen molar-refractivity contribution in [2.45, 2.75) is 13.3 Å². The van der Waals surface area contributed by atoms with Crippen LogP contribution in [-0.4, -0.2) is 21.1 Å². The highest BCUT2D eigenvalue weighted by Crippen LogP contribution is 2.22. The average molecular weight is 320 g/mol. The monoisotopic (exact) mass is 320 g/mol. The molecule has 0 unspecified atom stereocenters. The Morgan fingerprint density at radius 3 is 2.83 bits per heavy atom. The number of benzene rings is 1. The first kappa shape index (κ1) is 15.6. The SMILES string of the molecule is Cc1ccc(CC(=O)Nc2cccc(Oc3cccnn3)c2)cn1. The van der Waals surface area contributed by atoms with Gasteiger partial charge in [0, 0.05) is 35.9 Å². The van der Waals surface area contributed by atoms with Crippen LogP contribution in [0.1, 0.15) is 11.3 Å². The molecule has 2 aromatic heterocycles. The Kier molecular flexibility index (Phi) is 4.76. The summed E-state index contributed by atoms with van der Waals surface area (Å²) < 4.78 is 5.60. The number of hydrogen-bond acceptors (Lipinski definition) is 5. The number of rotatable bonds is 5. The maximum Gasteiger partial charge on any atom is 0.238 e. The summed E-state index contributed by atoms with van der Waals surface area (Å²) in [5.41, 5.74) is 2.44. The zero-order valence-corrected chi connectivity index (χ0v) is 13.1. The number of hydrogen-bond donors (Lipinski definition) is 1. The number of carbonyl (C=O) groups is 1. The second-order valence-electron chi connectivity index (χ2n) is 5.22. The van der Waals surface area contributed by atoms with Gasteiger partial charge < -0.3 is 10.1 Å². The molecule has 6 nitrogen and oxygen atoms in total. The maximum absolute atomic E-state index is 12.1. The number of ether oxygens (including phenoxy) is 1. The molecule has 0 aliphatic rings. The number of amides is 1. The Morgan fingerprint density at radius 1 is 1.17 bits per heavy atom. The minimum absolute atomic E-state index is 0.114. The van der Waals surface area contributed by atoms with Crippen molar-refractivity contribution >= 4 is 11.6 Å². The van der Waals surface area contributed by atoms with E-state index in [1.165, 1.54) is 0 Å². The maximum atomic E-state index is 12.1. The van der Waals surface area contributed by atoms with Gasteiger partial charge in [0.2, 0.25) is 11.8 Å². The van der Waals surface area contributed by atoms with Gasteiger partial charge in [0.05, 0.1) is 6.42 Å². The van der Waals surface area contributed by atoms with Gasteiger partial charge in [-0.05, 0) is 36.8 Å². The third-order valence-corrected chi connectivity index (χ3v) is 3.23. The van der Waals surface area contributed by atoms with E-state index in [0.29, 0.717) is 17.3 Å². The second-order valence-corrected chi connectivity index (χ2v) is 5.22. The van der Waals surface area contributed by atoms with Crippen LogP contribution in [0.25, 0.3) is 0 Å². The lowest BCUT2D eigenvalue weighted by Crippen LogP contribution is -2.14. The second kappa shape index (κ2) is 7.32. The zero-order chi connectivity index (χ0) is 16.8. The summed E-state index contributed by atoms with van der Waals surface area (Å²) in [6.45, 7) is 1.91. The third-order valence-electron chi connectivity index (χ3n) is 3.23. The fraction of sp³-hybridized carbons (Fsp3) is 0.111. The van der Waals surface area contributed by atoms with Crippen molar-refractivity contribution < 1.29 is 9.53 Å². The molecule has 1 aromatic carbocycles. The van der Waals surface area contributed by atoms with Crippen molar-refractivity contribution in [2.75, 3.05) is 5.32 Å². The van der Waals surface area contributed by atoms with Crippen molar-refractivity contribution in [3.05, 3.63) is 72.2 Å². The fourth-order valence-corrected chi connectivity index (χ4v) is 2.09. The largest absolute Gasteiger partial charge is 0.437 e. The Morgan fingerprint density at radius 2 is 2.08 bits per heavy atom. The van der Waals surface area contributed by atoms with Gasteiger partial charge in [0.1, 0.15) is 5.75 Å². The normalized spacial score (nSPS) is 10.2. The molecule has 1 N–H and O–H groups in total. The van der Waals surface area contributed by atoms with Gasteiger partial charge in [0.25, 0.3) is 0 Å². The molecule has 0 spiro atoms. The topological polar surface area (TPSA) is 77.0 Å². The highest BCUT2D eigenvalue weighted by molar-refractivity contribution is 5.92. The first-order chi connectivity index (χ1) is 11.7. The number of aryl methyl sites for hydroxylation is 1. The van der Waals surface area contributed by atoms with E-state index in [-0.39, 0.29) is 12.3 Å². The molecule has 0 saturated heterocycles. The van der Waals surface area contributed by atoms with Crippen LogP contribution < -0.4 is 10.1 Å². The van der Waals surface area contributed by atoms with E-state index >= 15 is 0 Å². The first-order valence-electron chi connectivity index (χ1n) is 7.46. The fourth-order valence-electron chi connectivity index (χ4n) is 2.09. The van der Waals surface area contributed by atoms with E-state index in [2.05, 4.69) is 20.5 Å². The number of pyridine rings is 1. The average Bonchev–Trinajstić information content (AvgIpc) is 2.58. The molecule has 2 heterocycles. The van der Waals surface area contributed by atoms with E-state index in [4.69, 9.17) is 4.74 Å². The van der Waals surface area contributed by atoms with Gasteiger partial charge >= 0.3 is 0 Å². The number of anilines is 1. The van der Waals surface area contributed by atoms with Crippen LogP contribution in [-0.2, 0) is 11.2 Å². The molecule has 0 aliphatic heterocycles. The summed E-state index contributed by atoms with van der Waals surface area (Å²) in [4.78, 5) is 16.3. The summed E-state index contributed by atoms with van der Waals surface area (Å²) >= 11 is 0. The number of aromatic nitrogens is 3. The van der Waals surface area contributed by atoms with Crippen LogP contribution in [0, 0.1) is 6.92 Å². The number of nitrogens with one attached hydrogen (secondary N) is 1. The lowest BCUT2D eigenvalue weighted by atomic mass is 10.2. The summed E-state index contributed by atoms with van der Waals surface area (Å²) in [5.74, 6) is 0.856. The van der Waals surface area contributed by atoms with E-state index in [1.54, 1.807) is 48.8 Å². The molecular formula is C18H16N4O2. The zero-order valence-electron chi connectivity index (χ0n) is 13.1. The molecule has 3 aromatic rings. The molecule has 0 radical (unpaired) electrons. The molecule has 0 saturated carbocycles. The summed E-state index contributed by atoms with van der Waals surface area (Å²) in [6.07, 6.45) is 3.55. The summed E-state index contributed by atoms with van der Waals surface area (Å²) in [7, 11) is 0. The predicted molar refractivity (Wildman–Crippen MR) is 89.9 cm³/mol. The van der Waals surface area contributed by atoms with Gasteiger partial charge in [0.15, 0.2) is 0 Å². The summed E-state index contributed by atoms with van der Waals surface area (Å²) in [6, 6.07) is 14.4. The van der Waals surface area contributed by atoms with Gasteiger partial charge in [-0.25, -0.2) is 0 Å². The molecule has 120 valence electrons. The molecule has 24 heavy (non-hydrogen) atoms. The van der Waals surface area contributed by atoms with Crippen LogP contribution in [0.3, 0.4) is 0 Å². The molecular weight excluding hydrogens is 304 g/mol. The van der Waals surface area contributed by atoms with Crippen molar-refractivity contribution in [3.63, 3.8) is 0 Å². The van der Waals surface area contributed by atoms with Crippen molar-refractivity contribution in [3.8, 4) is 11.6 Å². The van der Waals surface area contributed by atoms with Crippen LogP contribution in [0.5, 0.6) is 11.6 Å². The minimum atomic E-state index is -0.114. The Hall–Kier alpha value is -3.28. The minimum Gasteiger partial charge on any atom is -0.437 e. The predicted octanol–water partition coefficient (Wildman–Crippen LogP) is 3.15. The highest BCUT2D eigenvalue weighted by atomic mass is 16.5. The molecule has 0 atom stereocenters. The van der Waals surface area contributed by atoms with Gasteiger partial charge in [-0.15, -0.1) is 5.10 Å². The Balaban J connectivity index is 1.63. The highest BCUT2D eigenvalue weighted by Gasteiger charge is 2.06. The number of carbonyl (C=O) groups excluding carboxylic acids is 1. The molecule has 3 rings (SSSR count). The Labute approximate surface area is 139 Å². The lowest BCUT2D eigenvalue weighted by Gasteiger charge is -2.08. The first-order valence-corrected chi connectivity index (χ1v) is 7.46. The molecule has 6 heteroatoms. The van der Waals surface area contributed by atoms with E-state index < -0.39 is 0 Å². The Bertz CT molecular complexity index is 820. The quantitative estimate of drug-likeness (QED) is 0.781. The van der Waals surface area contributed by atoms with E-state index in [1.807, 2.05) is 19.1 Å². The molecule has 1 amide bonds. The third kappa shape index (κ3) is 4.36. The van der Waals surface area contributed by atoms with Crippen LogP contribution in [0.2, 0.25) is 0 Å². The standard InChI is InChI=1S/C18H16N4O2/c1-13-7-8-14(12-19-13)10-17(23)21-15-4-2-5-16(11-15)24-18-6-3-9-20-22-18/h2-9,11-12H,10H2,1H3,(H,21,23). The molecule has 0 aliphatic carbocycles. The van der Waals surface area contributed by atoms with Crippen molar-refractivity contribution in [1.82, 2.24) is 15.2 Å². The van der Waals surface area contributed by atoms with Crippen LogP contribution in [0.4, 0.5) is 5.69 Å². The van der Waals surface area contributed by atoms with Crippen LogP contribution >= 0.6 is 0 Å². The van der Waals surface area contributed by atoms with Gasteiger partial charge in [-0.2, -0.15) is 5.10 Å².